The molecule has 0 bridgehead atoms. The van der Waals surface area contributed by atoms with Crippen LogP contribution in [0.5, 0.6) is 0 Å². The van der Waals surface area contributed by atoms with Gasteiger partial charge in [-0.25, -0.2) is 0 Å². The predicted octanol–water partition coefficient (Wildman–Crippen LogP) is 2.52. The number of hydrogen-bond acceptors (Lipinski definition) is 6. The van der Waals surface area contributed by atoms with Gasteiger partial charge in [0.1, 0.15) is 23.9 Å². The number of carbonyl (C=O) groups is 3. The maximum atomic E-state index is 12.1. The van der Waals surface area contributed by atoms with Gasteiger partial charge < -0.3 is 19.8 Å². The van der Waals surface area contributed by atoms with Gasteiger partial charge in [-0.1, -0.05) is 29.8 Å². The first-order chi connectivity index (χ1) is 14.0. The van der Waals surface area contributed by atoms with Crippen LogP contribution < -0.4 is 10.6 Å². The SMILES string of the molecule is Cc1cccc(C(=O)NCC(=O)OCC(=O)Nc2c(C#N)oc3ccccc23)c1. The van der Waals surface area contributed by atoms with Crippen LogP contribution in [0.2, 0.25) is 0 Å². The van der Waals surface area contributed by atoms with Gasteiger partial charge in [-0.05, 0) is 31.2 Å². The molecule has 29 heavy (non-hydrogen) atoms. The number of fused-ring (bicyclic) bond motifs is 1. The summed E-state index contributed by atoms with van der Waals surface area (Å²) in [4.78, 5) is 35.9. The number of para-hydroxylation sites is 1. The number of esters is 1. The molecule has 0 aliphatic carbocycles. The highest BCUT2D eigenvalue weighted by Crippen LogP contribution is 2.30. The molecule has 0 atom stereocenters. The van der Waals surface area contributed by atoms with Gasteiger partial charge in [0.15, 0.2) is 6.61 Å². The van der Waals surface area contributed by atoms with E-state index in [4.69, 9.17) is 14.4 Å². The van der Waals surface area contributed by atoms with Crippen molar-refractivity contribution in [2.45, 2.75) is 6.92 Å². The van der Waals surface area contributed by atoms with Gasteiger partial charge in [0.25, 0.3) is 11.8 Å². The van der Waals surface area contributed by atoms with E-state index < -0.39 is 24.4 Å². The van der Waals surface area contributed by atoms with Crippen molar-refractivity contribution in [2.75, 3.05) is 18.5 Å². The van der Waals surface area contributed by atoms with Crippen LogP contribution in [0.15, 0.2) is 52.9 Å². The smallest absolute Gasteiger partial charge is 0.325 e. The van der Waals surface area contributed by atoms with Crippen molar-refractivity contribution in [3.63, 3.8) is 0 Å². The Morgan fingerprint density at radius 2 is 1.93 bits per heavy atom. The standard InChI is InChI=1S/C21H17N3O5/c1-13-5-4-6-14(9-13)21(27)23-11-19(26)28-12-18(25)24-20-15-7-2-3-8-16(15)29-17(20)10-22/h2-9H,11-12H2,1H3,(H,23,27)(H,24,25). The molecule has 2 amide bonds. The average Bonchev–Trinajstić information content (AvgIpc) is 3.08. The quantitative estimate of drug-likeness (QED) is 0.623. The van der Waals surface area contributed by atoms with Crippen molar-refractivity contribution in [1.29, 1.82) is 5.26 Å². The molecular formula is C21H17N3O5. The molecule has 1 aromatic heterocycles. The summed E-state index contributed by atoms with van der Waals surface area (Å²) in [5.41, 5.74) is 2.01. The lowest BCUT2D eigenvalue weighted by Crippen LogP contribution is -2.32. The van der Waals surface area contributed by atoms with Crippen molar-refractivity contribution in [2.24, 2.45) is 0 Å². The van der Waals surface area contributed by atoms with Crippen molar-refractivity contribution >= 4 is 34.4 Å². The lowest BCUT2D eigenvalue weighted by molar-refractivity contribution is -0.146. The highest BCUT2D eigenvalue weighted by atomic mass is 16.5. The second kappa shape index (κ2) is 8.71. The molecule has 0 aliphatic heterocycles. The normalized spacial score (nSPS) is 10.2. The van der Waals surface area contributed by atoms with E-state index in [9.17, 15) is 14.4 Å². The van der Waals surface area contributed by atoms with Crippen LogP contribution in [-0.2, 0) is 14.3 Å². The largest absolute Gasteiger partial charge is 0.454 e. The summed E-state index contributed by atoms with van der Waals surface area (Å²) in [5, 5.41) is 14.7. The number of anilines is 1. The molecule has 3 aromatic rings. The number of aryl methyl sites for hydroxylation is 1. The minimum atomic E-state index is -0.765. The third-order valence-electron chi connectivity index (χ3n) is 4.00. The zero-order valence-electron chi connectivity index (χ0n) is 15.5. The number of carbonyl (C=O) groups excluding carboxylic acids is 3. The van der Waals surface area contributed by atoms with Crippen LogP contribution in [0, 0.1) is 18.3 Å². The number of furan rings is 1. The third kappa shape index (κ3) is 4.78. The minimum absolute atomic E-state index is 0.0451. The highest BCUT2D eigenvalue weighted by Gasteiger charge is 2.17. The van der Waals surface area contributed by atoms with Gasteiger partial charge in [0.05, 0.1) is 0 Å². The number of benzene rings is 2. The van der Waals surface area contributed by atoms with Crippen molar-refractivity contribution in [3.05, 3.63) is 65.4 Å². The Kier molecular flexibility index (Phi) is 5.90. The summed E-state index contributed by atoms with van der Waals surface area (Å²) < 4.78 is 10.2. The van der Waals surface area contributed by atoms with E-state index in [2.05, 4.69) is 10.6 Å². The van der Waals surface area contributed by atoms with Crippen LogP contribution in [0.25, 0.3) is 11.0 Å². The molecule has 3 rings (SSSR count). The second-order valence-corrected chi connectivity index (χ2v) is 6.18. The van der Waals surface area contributed by atoms with Crippen molar-refractivity contribution in [3.8, 4) is 6.07 Å². The van der Waals surface area contributed by atoms with E-state index in [1.807, 2.05) is 19.1 Å². The summed E-state index contributed by atoms with van der Waals surface area (Å²) in [5.74, 6) is -1.86. The average molecular weight is 391 g/mol. The Morgan fingerprint density at radius 1 is 1.14 bits per heavy atom. The topological polar surface area (TPSA) is 121 Å². The molecule has 1 heterocycles. The molecule has 0 unspecified atom stereocenters. The maximum Gasteiger partial charge on any atom is 0.325 e. The van der Waals surface area contributed by atoms with Crippen LogP contribution in [0.1, 0.15) is 21.7 Å². The number of ether oxygens (including phenoxy) is 1. The van der Waals surface area contributed by atoms with Gasteiger partial charge in [-0.15, -0.1) is 0 Å². The van der Waals surface area contributed by atoms with Gasteiger partial charge in [0, 0.05) is 10.9 Å². The summed E-state index contributed by atoms with van der Waals surface area (Å²) in [6.07, 6.45) is 0. The van der Waals surface area contributed by atoms with Gasteiger partial charge in [0.2, 0.25) is 5.76 Å². The van der Waals surface area contributed by atoms with E-state index in [1.54, 1.807) is 42.5 Å². The molecule has 2 N–H and O–H groups in total. The molecule has 146 valence electrons. The molecule has 8 heteroatoms. The Labute approximate surface area is 166 Å². The van der Waals surface area contributed by atoms with E-state index in [0.29, 0.717) is 16.5 Å². The molecule has 0 saturated heterocycles. The van der Waals surface area contributed by atoms with Gasteiger partial charge in [-0.2, -0.15) is 5.26 Å². The molecular weight excluding hydrogens is 374 g/mol. The Hall–Kier alpha value is -4.12. The minimum Gasteiger partial charge on any atom is -0.454 e. The summed E-state index contributed by atoms with van der Waals surface area (Å²) in [6.45, 7) is 0.909. The van der Waals surface area contributed by atoms with Crippen molar-refractivity contribution in [1.82, 2.24) is 5.32 Å². The lowest BCUT2D eigenvalue weighted by Gasteiger charge is -2.07. The summed E-state index contributed by atoms with van der Waals surface area (Å²) in [7, 11) is 0. The summed E-state index contributed by atoms with van der Waals surface area (Å²) >= 11 is 0. The first kappa shape index (κ1) is 19.6. The first-order valence-corrected chi connectivity index (χ1v) is 8.70. The summed E-state index contributed by atoms with van der Waals surface area (Å²) in [6, 6.07) is 15.6. The monoisotopic (exact) mass is 391 g/mol. The fourth-order valence-electron chi connectivity index (χ4n) is 2.66. The van der Waals surface area contributed by atoms with Crippen LogP contribution >= 0.6 is 0 Å². The van der Waals surface area contributed by atoms with E-state index in [1.165, 1.54) is 0 Å². The number of nitrogens with one attached hydrogen (secondary N) is 2. The van der Waals surface area contributed by atoms with Gasteiger partial charge in [-0.3, -0.25) is 14.4 Å². The Balaban J connectivity index is 1.51. The van der Waals surface area contributed by atoms with Crippen LogP contribution in [0.3, 0.4) is 0 Å². The van der Waals surface area contributed by atoms with Crippen LogP contribution in [0.4, 0.5) is 5.69 Å². The number of rotatable bonds is 6. The number of nitriles is 1. The van der Waals surface area contributed by atoms with Gasteiger partial charge >= 0.3 is 5.97 Å². The molecule has 0 radical (unpaired) electrons. The third-order valence-corrected chi connectivity index (χ3v) is 4.00. The predicted molar refractivity (Wildman–Crippen MR) is 104 cm³/mol. The molecule has 2 aromatic carbocycles. The Morgan fingerprint density at radius 3 is 2.69 bits per heavy atom. The molecule has 0 fully saturated rings. The zero-order chi connectivity index (χ0) is 20.8. The highest BCUT2D eigenvalue weighted by molar-refractivity contribution is 6.03. The first-order valence-electron chi connectivity index (χ1n) is 8.70. The molecule has 0 spiro atoms. The number of nitrogens with zero attached hydrogens (tertiary/aromatic N) is 1. The Bertz CT molecular complexity index is 1130. The zero-order valence-corrected chi connectivity index (χ0v) is 15.5. The van der Waals surface area contributed by atoms with E-state index >= 15 is 0 Å². The maximum absolute atomic E-state index is 12.1. The molecule has 8 nitrogen and oxygen atoms in total. The molecule has 0 saturated carbocycles. The number of amides is 2. The molecule has 0 aliphatic rings. The second-order valence-electron chi connectivity index (χ2n) is 6.18. The van der Waals surface area contributed by atoms with Crippen molar-refractivity contribution < 1.29 is 23.5 Å². The van der Waals surface area contributed by atoms with E-state index in [0.717, 1.165) is 5.56 Å². The lowest BCUT2D eigenvalue weighted by atomic mass is 10.1. The number of hydrogen-bond donors (Lipinski definition) is 2. The fraction of sp³-hybridized carbons (Fsp3) is 0.143. The van der Waals surface area contributed by atoms with Crippen LogP contribution in [-0.4, -0.2) is 30.9 Å². The van der Waals surface area contributed by atoms with E-state index in [-0.39, 0.29) is 18.0 Å². The fourth-order valence-corrected chi connectivity index (χ4v) is 2.66.